The second-order valence-electron chi connectivity index (χ2n) is 8.27. The van der Waals surface area contributed by atoms with Gasteiger partial charge in [-0.15, -0.1) is 0 Å². The minimum atomic E-state index is -4.56. The van der Waals surface area contributed by atoms with Gasteiger partial charge in [-0.05, 0) is 61.4 Å². The molecule has 0 aliphatic carbocycles. The number of aromatic amines is 1. The first-order chi connectivity index (χ1) is 16.1. The Morgan fingerprint density at radius 3 is 2.53 bits per heavy atom. The lowest BCUT2D eigenvalue weighted by atomic mass is 10.0. The molecule has 2 aromatic heterocycles. The van der Waals surface area contributed by atoms with Gasteiger partial charge in [-0.1, -0.05) is 13.0 Å². The average Bonchev–Trinajstić information content (AvgIpc) is 3.21. The van der Waals surface area contributed by atoms with Gasteiger partial charge in [-0.3, -0.25) is 9.89 Å². The molecule has 0 atom stereocenters. The van der Waals surface area contributed by atoms with E-state index in [0.717, 1.165) is 40.8 Å². The van der Waals surface area contributed by atoms with E-state index in [4.69, 9.17) is 0 Å². The number of hydrogen-bond acceptors (Lipinski definition) is 4. The predicted octanol–water partition coefficient (Wildman–Crippen LogP) is 5.83. The van der Waals surface area contributed by atoms with Gasteiger partial charge in [0, 0.05) is 47.7 Å². The van der Waals surface area contributed by atoms with E-state index < -0.39 is 17.6 Å². The summed E-state index contributed by atoms with van der Waals surface area (Å²) in [5, 5.41) is 10.9. The number of alkyl halides is 3. The van der Waals surface area contributed by atoms with Crippen LogP contribution in [0.1, 0.15) is 34.1 Å². The third-order valence-electron chi connectivity index (χ3n) is 5.65. The number of pyridine rings is 1. The molecule has 0 aliphatic rings. The summed E-state index contributed by atoms with van der Waals surface area (Å²) in [7, 11) is 3.24. The van der Waals surface area contributed by atoms with Crippen molar-refractivity contribution in [2.24, 2.45) is 0 Å². The zero-order chi connectivity index (χ0) is 24.6. The van der Waals surface area contributed by atoms with Crippen molar-refractivity contribution >= 4 is 28.3 Å². The lowest BCUT2D eigenvalue weighted by Gasteiger charge is -2.17. The van der Waals surface area contributed by atoms with E-state index in [9.17, 15) is 18.0 Å². The summed E-state index contributed by atoms with van der Waals surface area (Å²) >= 11 is 0. The molecule has 0 spiro atoms. The number of amides is 1. The van der Waals surface area contributed by atoms with Gasteiger partial charge in [0.15, 0.2) is 5.65 Å². The Morgan fingerprint density at radius 1 is 1.09 bits per heavy atom. The predicted molar refractivity (Wildman–Crippen MR) is 127 cm³/mol. The molecule has 0 unspecified atom stereocenters. The highest BCUT2D eigenvalue weighted by molar-refractivity contribution is 6.05. The first-order valence-corrected chi connectivity index (χ1v) is 10.7. The molecule has 0 fully saturated rings. The van der Waals surface area contributed by atoms with Gasteiger partial charge < -0.3 is 10.2 Å². The van der Waals surface area contributed by atoms with Crippen LogP contribution >= 0.6 is 0 Å². The Labute approximate surface area is 194 Å². The molecule has 34 heavy (non-hydrogen) atoms. The van der Waals surface area contributed by atoms with Gasteiger partial charge in [-0.25, -0.2) is 4.98 Å². The Balaban J connectivity index is 1.67. The molecule has 2 aromatic carbocycles. The Hall–Kier alpha value is -3.88. The fourth-order valence-electron chi connectivity index (χ4n) is 3.71. The lowest BCUT2D eigenvalue weighted by molar-refractivity contribution is -0.137. The van der Waals surface area contributed by atoms with Crippen molar-refractivity contribution in [3.63, 3.8) is 0 Å². The minimum Gasteiger partial charge on any atom is -0.378 e. The van der Waals surface area contributed by atoms with Crippen molar-refractivity contribution in [1.29, 1.82) is 0 Å². The maximum absolute atomic E-state index is 13.4. The van der Waals surface area contributed by atoms with Crippen LogP contribution in [-0.2, 0) is 12.6 Å². The number of aryl methyl sites for hydroxylation is 2. The van der Waals surface area contributed by atoms with Crippen LogP contribution in [0.2, 0.25) is 0 Å². The summed E-state index contributed by atoms with van der Waals surface area (Å²) in [4.78, 5) is 19.0. The number of anilines is 2. The highest BCUT2D eigenvalue weighted by atomic mass is 19.4. The van der Waals surface area contributed by atoms with E-state index in [1.807, 2.05) is 32.0 Å². The van der Waals surface area contributed by atoms with Crippen LogP contribution in [0.15, 0.2) is 48.5 Å². The van der Waals surface area contributed by atoms with Crippen LogP contribution in [0.25, 0.3) is 22.3 Å². The molecular weight excluding hydrogens is 443 g/mol. The normalized spacial score (nSPS) is 11.6. The van der Waals surface area contributed by atoms with E-state index >= 15 is 0 Å². The fourth-order valence-corrected chi connectivity index (χ4v) is 3.71. The van der Waals surface area contributed by atoms with Crippen molar-refractivity contribution in [3.8, 4) is 11.3 Å². The molecule has 0 radical (unpaired) electrons. The second kappa shape index (κ2) is 8.81. The molecule has 2 N–H and O–H groups in total. The number of carbonyl (C=O) groups is 1. The van der Waals surface area contributed by atoms with Crippen molar-refractivity contribution < 1.29 is 18.0 Å². The van der Waals surface area contributed by atoms with Crippen LogP contribution in [0.5, 0.6) is 0 Å². The van der Waals surface area contributed by atoms with E-state index in [0.29, 0.717) is 17.0 Å². The Morgan fingerprint density at radius 2 is 1.85 bits per heavy atom. The standard InChI is InChI=1S/C25H24F3N5O/c1-5-21-19-8-9-22(30-23(19)32-31-21)20-13-17(7-6-14(20)2)29-24(34)15-10-16(25(26,27)28)12-18(11-15)33(3)4/h6-13H,5H2,1-4H3,(H,29,34)(H,30,31,32). The first kappa shape index (κ1) is 23.3. The first-order valence-electron chi connectivity index (χ1n) is 10.7. The molecule has 0 bridgehead atoms. The summed E-state index contributed by atoms with van der Waals surface area (Å²) in [6, 6.07) is 12.4. The maximum atomic E-state index is 13.4. The van der Waals surface area contributed by atoms with E-state index in [-0.39, 0.29) is 11.3 Å². The summed E-state index contributed by atoms with van der Waals surface area (Å²) in [5.41, 5.74) is 3.79. The molecule has 9 heteroatoms. The summed E-state index contributed by atoms with van der Waals surface area (Å²) in [5.74, 6) is -0.632. The summed E-state index contributed by atoms with van der Waals surface area (Å²) in [6.45, 7) is 3.95. The fraction of sp³-hybridized carbons (Fsp3) is 0.240. The number of nitrogens with zero attached hydrogens (tertiary/aromatic N) is 3. The van der Waals surface area contributed by atoms with Gasteiger partial charge in [0.25, 0.3) is 5.91 Å². The smallest absolute Gasteiger partial charge is 0.378 e. The minimum absolute atomic E-state index is 0.0798. The van der Waals surface area contributed by atoms with Crippen molar-refractivity contribution in [3.05, 3.63) is 70.9 Å². The SMILES string of the molecule is CCc1[nH]nc2nc(-c3cc(NC(=O)c4cc(N(C)C)cc(C(F)(F)F)c4)ccc3C)ccc12. The van der Waals surface area contributed by atoms with Crippen molar-refractivity contribution in [2.75, 3.05) is 24.3 Å². The molecule has 176 valence electrons. The average molecular weight is 467 g/mol. The molecule has 4 aromatic rings. The quantitative estimate of drug-likeness (QED) is 0.387. The van der Waals surface area contributed by atoms with Crippen LogP contribution in [-0.4, -0.2) is 35.2 Å². The molecule has 6 nitrogen and oxygen atoms in total. The van der Waals surface area contributed by atoms with Crippen molar-refractivity contribution in [1.82, 2.24) is 15.2 Å². The van der Waals surface area contributed by atoms with Gasteiger partial charge in [0.05, 0.1) is 11.3 Å². The van der Waals surface area contributed by atoms with Gasteiger partial charge in [0.2, 0.25) is 0 Å². The Kier molecular flexibility index (Phi) is 6.03. The highest BCUT2D eigenvalue weighted by Crippen LogP contribution is 2.33. The molecule has 0 saturated carbocycles. The number of rotatable bonds is 5. The monoisotopic (exact) mass is 467 g/mol. The van der Waals surface area contributed by atoms with Crippen LogP contribution < -0.4 is 10.2 Å². The highest BCUT2D eigenvalue weighted by Gasteiger charge is 2.32. The zero-order valence-corrected chi connectivity index (χ0v) is 19.2. The molecule has 4 rings (SSSR count). The third kappa shape index (κ3) is 4.59. The number of carbonyl (C=O) groups excluding carboxylic acids is 1. The lowest BCUT2D eigenvalue weighted by Crippen LogP contribution is -2.17. The van der Waals surface area contributed by atoms with Gasteiger partial charge in [-0.2, -0.15) is 18.3 Å². The number of halogens is 3. The second-order valence-corrected chi connectivity index (χ2v) is 8.27. The van der Waals surface area contributed by atoms with E-state index in [2.05, 4.69) is 20.5 Å². The number of benzene rings is 2. The number of hydrogen-bond donors (Lipinski definition) is 2. The number of H-pyrrole nitrogens is 1. The molecule has 0 saturated heterocycles. The molecule has 0 aliphatic heterocycles. The summed E-state index contributed by atoms with van der Waals surface area (Å²) < 4.78 is 40.1. The van der Waals surface area contributed by atoms with Crippen LogP contribution in [0.3, 0.4) is 0 Å². The van der Waals surface area contributed by atoms with Gasteiger partial charge >= 0.3 is 6.18 Å². The van der Waals surface area contributed by atoms with Crippen LogP contribution in [0.4, 0.5) is 24.5 Å². The zero-order valence-electron chi connectivity index (χ0n) is 19.2. The van der Waals surface area contributed by atoms with E-state index in [1.165, 1.54) is 11.0 Å². The maximum Gasteiger partial charge on any atom is 0.416 e. The van der Waals surface area contributed by atoms with Crippen LogP contribution in [0, 0.1) is 6.92 Å². The molecule has 2 heterocycles. The largest absolute Gasteiger partial charge is 0.416 e. The molecule has 1 amide bonds. The topological polar surface area (TPSA) is 73.9 Å². The van der Waals surface area contributed by atoms with E-state index in [1.54, 1.807) is 26.2 Å². The number of nitrogens with one attached hydrogen (secondary N) is 2. The number of aromatic nitrogens is 3. The summed E-state index contributed by atoms with van der Waals surface area (Å²) in [6.07, 6.45) is -3.75. The van der Waals surface area contributed by atoms with Gasteiger partial charge in [0.1, 0.15) is 0 Å². The number of fused-ring (bicyclic) bond motifs is 1. The Bertz CT molecular complexity index is 1370. The molecular formula is C25H24F3N5O. The van der Waals surface area contributed by atoms with Crippen molar-refractivity contribution in [2.45, 2.75) is 26.4 Å². The third-order valence-corrected chi connectivity index (χ3v) is 5.65.